The van der Waals surface area contributed by atoms with Gasteiger partial charge in [0, 0.05) is 23.2 Å². The first-order valence-corrected chi connectivity index (χ1v) is 6.17. The van der Waals surface area contributed by atoms with E-state index in [2.05, 4.69) is 5.32 Å². The summed E-state index contributed by atoms with van der Waals surface area (Å²) in [6, 6.07) is 5.37. The van der Waals surface area contributed by atoms with Gasteiger partial charge in [0.2, 0.25) is 5.91 Å². The van der Waals surface area contributed by atoms with E-state index in [1.165, 1.54) is 13.0 Å². The second kappa shape index (κ2) is 5.44. The van der Waals surface area contributed by atoms with Crippen LogP contribution in [0.4, 0.5) is 5.69 Å². The Balaban J connectivity index is 2.33. The minimum absolute atomic E-state index is 0.387. The van der Waals surface area contributed by atoms with Crippen LogP contribution in [0.1, 0.15) is 12.5 Å². The molecule has 0 radical (unpaired) electrons. The number of amides is 1. The predicted octanol–water partition coefficient (Wildman–Crippen LogP) is 0.748. The van der Waals surface area contributed by atoms with Crippen molar-refractivity contribution >= 4 is 22.6 Å². The number of fused-ring (bicyclic) bond motifs is 1. The minimum Gasteiger partial charge on any atom is -0.423 e. The van der Waals surface area contributed by atoms with Gasteiger partial charge in [-0.3, -0.25) is 4.79 Å². The number of carbonyl (C=O) groups is 1. The highest BCUT2D eigenvalue weighted by molar-refractivity contribution is 5.96. The van der Waals surface area contributed by atoms with Gasteiger partial charge in [0.1, 0.15) is 11.6 Å². The third-order valence-corrected chi connectivity index (χ3v) is 3.04. The monoisotopic (exact) mass is 276 g/mol. The Morgan fingerprint density at radius 2 is 2.10 bits per heavy atom. The van der Waals surface area contributed by atoms with Crippen molar-refractivity contribution in [3.05, 3.63) is 40.2 Å². The number of aliphatic hydroxyl groups is 1. The smallest absolute Gasteiger partial charge is 0.336 e. The van der Waals surface area contributed by atoms with Crippen LogP contribution in [0.2, 0.25) is 0 Å². The summed E-state index contributed by atoms with van der Waals surface area (Å²) in [6.45, 7) is 3.24. The van der Waals surface area contributed by atoms with Gasteiger partial charge < -0.3 is 20.6 Å². The lowest BCUT2D eigenvalue weighted by molar-refractivity contribution is -0.119. The number of nitrogens with one attached hydrogen (secondary N) is 1. The van der Waals surface area contributed by atoms with Gasteiger partial charge in [0.15, 0.2) is 0 Å². The van der Waals surface area contributed by atoms with Crippen molar-refractivity contribution < 1.29 is 14.3 Å². The largest absolute Gasteiger partial charge is 0.423 e. The standard InChI is InChI=1S/C14H16N2O4/c1-7-5-12(18)20-11-6-9(3-4-10(7)11)16-14(19)13(15)8(2)17/h3-6,8,13,17H,15H2,1-2H3,(H,16,19)/t8-,13+/m1/s1. The lowest BCUT2D eigenvalue weighted by atomic mass is 10.1. The Labute approximate surface area is 115 Å². The number of rotatable bonds is 3. The zero-order chi connectivity index (χ0) is 14.9. The number of aryl methyl sites for hydroxylation is 1. The lowest BCUT2D eigenvalue weighted by Crippen LogP contribution is -2.43. The van der Waals surface area contributed by atoms with E-state index in [1.807, 2.05) is 0 Å². The molecule has 0 saturated heterocycles. The van der Waals surface area contributed by atoms with Gasteiger partial charge >= 0.3 is 5.63 Å². The molecule has 0 aliphatic rings. The van der Waals surface area contributed by atoms with Crippen LogP contribution >= 0.6 is 0 Å². The van der Waals surface area contributed by atoms with Crippen LogP contribution in [-0.2, 0) is 4.79 Å². The van der Waals surface area contributed by atoms with Gasteiger partial charge in [-0.2, -0.15) is 0 Å². The molecule has 0 bridgehead atoms. The molecule has 1 aromatic carbocycles. The molecule has 0 aliphatic carbocycles. The molecule has 1 amide bonds. The molecule has 2 atom stereocenters. The van der Waals surface area contributed by atoms with Crippen molar-refractivity contribution in [3.63, 3.8) is 0 Å². The molecule has 20 heavy (non-hydrogen) atoms. The minimum atomic E-state index is -1.02. The Kier molecular flexibility index (Phi) is 3.87. The SMILES string of the molecule is Cc1cc(=O)oc2cc(NC(=O)[C@@H](N)[C@@H](C)O)ccc12. The van der Waals surface area contributed by atoms with Crippen molar-refractivity contribution in [2.45, 2.75) is 26.0 Å². The molecular weight excluding hydrogens is 260 g/mol. The van der Waals surface area contributed by atoms with Crippen molar-refractivity contribution in [1.82, 2.24) is 0 Å². The maximum absolute atomic E-state index is 11.7. The van der Waals surface area contributed by atoms with Gasteiger partial charge in [-0.05, 0) is 31.5 Å². The fourth-order valence-corrected chi connectivity index (χ4v) is 1.85. The van der Waals surface area contributed by atoms with E-state index < -0.39 is 23.7 Å². The van der Waals surface area contributed by atoms with Crippen molar-refractivity contribution in [2.24, 2.45) is 5.73 Å². The average Bonchev–Trinajstić information content (AvgIpc) is 2.36. The molecule has 4 N–H and O–H groups in total. The van der Waals surface area contributed by atoms with E-state index in [-0.39, 0.29) is 0 Å². The maximum atomic E-state index is 11.7. The van der Waals surface area contributed by atoms with Crippen molar-refractivity contribution in [3.8, 4) is 0 Å². The third-order valence-electron chi connectivity index (χ3n) is 3.04. The van der Waals surface area contributed by atoms with Crippen LogP contribution in [0.15, 0.2) is 33.5 Å². The van der Waals surface area contributed by atoms with E-state index in [1.54, 1.807) is 25.1 Å². The molecule has 0 fully saturated rings. The van der Waals surface area contributed by atoms with Crippen molar-refractivity contribution in [2.75, 3.05) is 5.32 Å². The normalized spacial score (nSPS) is 14.0. The molecule has 2 aromatic rings. The number of nitrogens with two attached hydrogens (primary N) is 1. The van der Waals surface area contributed by atoms with Crippen LogP contribution in [0.3, 0.4) is 0 Å². The van der Waals surface area contributed by atoms with Crippen LogP contribution in [0.5, 0.6) is 0 Å². The van der Waals surface area contributed by atoms with Gasteiger partial charge in [0.05, 0.1) is 6.10 Å². The van der Waals surface area contributed by atoms with Crippen molar-refractivity contribution in [1.29, 1.82) is 0 Å². The molecule has 1 aromatic heterocycles. The molecular formula is C14H16N2O4. The van der Waals surface area contributed by atoms with E-state index in [0.29, 0.717) is 11.3 Å². The number of hydrogen-bond donors (Lipinski definition) is 3. The summed E-state index contributed by atoms with van der Waals surface area (Å²) < 4.78 is 5.09. The first kappa shape index (κ1) is 14.2. The summed E-state index contributed by atoms with van der Waals surface area (Å²) in [5, 5.41) is 12.6. The lowest BCUT2D eigenvalue weighted by Gasteiger charge is -2.14. The van der Waals surface area contributed by atoms with E-state index in [9.17, 15) is 14.7 Å². The number of carbonyl (C=O) groups excluding carboxylic acids is 1. The zero-order valence-corrected chi connectivity index (χ0v) is 11.2. The molecule has 0 saturated carbocycles. The first-order valence-electron chi connectivity index (χ1n) is 6.17. The van der Waals surface area contributed by atoms with Gasteiger partial charge in [0.25, 0.3) is 0 Å². The molecule has 6 heteroatoms. The topological polar surface area (TPSA) is 106 Å². The van der Waals surface area contributed by atoms with Gasteiger partial charge in [-0.15, -0.1) is 0 Å². The van der Waals surface area contributed by atoms with E-state index in [4.69, 9.17) is 10.2 Å². The molecule has 6 nitrogen and oxygen atoms in total. The fraction of sp³-hybridized carbons (Fsp3) is 0.286. The highest BCUT2D eigenvalue weighted by Gasteiger charge is 2.18. The molecule has 0 unspecified atom stereocenters. The Morgan fingerprint density at radius 1 is 1.40 bits per heavy atom. The summed E-state index contributed by atoms with van der Waals surface area (Å²) in [6.07, 6.45) is -0.948. The average molecular weight is 276 g/mol. The number of anilines is 1. The predicted molar refractivity (Wildman–Crippen MR) is 75.5 cm³/mol. The second-order valence-corrected chi connectivity index (χ2v) is 4.72. The van der Waals surface area contributed by atoms with Crippen LogP contribution < -0.4 is 16.7 Å². The third kappa shape index (κ3) is 2.87. The second-order valence-electron chi connectivity index (χ2n) is 4.72. The molecule has 0 spiro atoms. The highest BCUT2D eigenvalue weighted by Crippen LogP contribution is 2.20. The van der Waals surface area contributed by atoms with Crippen LogP contribution in [-0.4, -0.2) is 23.2 Å². The quantitative estimate of drug-likeness (QED) is 0.717. The molecule has 106 valence electrons. The Bertz CT molecular complexity index is 706. The van der Waals surface area contributed by atoms with Crippen LogP contribution in [0.25, 0.3) is 11.0 Å². The van der Waals surface area contributed by atoms with Gasteiger partial charge in [-0.25, -0.2) is 4.79 Å². The number of hydrogen-bond acceptors (Lipinski definition) is 5. The van der Waals surface area contributed by atoms with E-state index >= 15 is 0 Å². The zero-order valence-electron chi connectivity index (χ0n) is 11.2. The summed E-state index contributed by atoms with van der Waals surface area (Å²) >= 11 is 0. The summed E-state index contributed by atoms with van der Waals surface area (Å²) in [4.78, 5) is 23.1. The summed E-state index contributed by atoms with van der Waals surface area (Å²) in [7, 11) is 0. The number of aliphatic hydroxyl groups excluding tert-OH is 1. The Hall–Kier alpha value is -2.18. The summed E-state index contributed by atoms with van der Waals surface area (Å²) in [5.41, 5.74) is 6.73. The molecule has 0 aliphatic heterocycles. The molecule has 1 heterocycles. The maximum Gasteiger partial charge on any atom is 0.336 e. The summed E-state index contributed by atoms with van der Waals surface area (Å²) in [5.74, 6) is -0.505. The number of benzene rings is 1. The Morgan fingerprint density at radius 3 is 2.75 bits per heavy atom. The first-order chi connectivity index (χ1) is 9.38. The fourth-order valence-electron chi connectivity index (χ4n) is 1.85. The molecule has 2 rings (SSSR count). The van der Waals surface area contributed by atoms with E-state index in [0.717, 1.165) is 10.9 Å². The highest BCUT2D eigenvalue weighted by atomic mass is 16.4. The van der Waals surface area contributed by atoms with Crippen LogP contribution in [0, 0.1) is 6.92 Å². The van der Waals surface area contributed by atoms with Gasteiger partial charge in [-0.1, -0.05) is 0 Å².